The lowest BCUT2D eigenvalue weighted by atomic mass is 10.1. The van der Waals surface area contributed by atoms with Crippen LogP contribution in [0.25, 0.3) is 0 Å². The summed E-state index contributed by atoms with van der Waals surface area (Å²) in [5.74, 6) is 0.729. The quantitative estimate of drug-likeness (QED) is 0.630. The number of rotatable bonds is 11. The third kappa shape index (κ3) is 6.48. The number of amides is 1. The number of unbranched alkanes of at least 4 members (excludes halogenated alkanes) is 3. The van der Waals surface area contributed by atoms with Gasteiger partial charge in [0.25, 0.3) is 5.91 Å². The Balaban J connectivity index is 2.61. The molecule has 1 N–H and O–H groups in total. The van der Waals surface area contributed by atoms with Crippen LogP contribution in [0.5, 0.6) is 5.75 Å². The molecule has 0 aliphatic rings. The first kappa shape index (κ1) is 18.5. The lowest BCUT2D eigenvalue weighted by Crippen LogP contribution is -2.24. The molecule has 1 rings (SSSR count). The number of hydrogen-bond acceptors (Lipinski definition) is 3. The van der Waals surface area contributed by atoms with E-state index in [0.717, 1.165) is 56.6 Å². The molecule has 0 aromatic heterocycles. The van der Waals surface area contributed by atoms with Gasteiger partial charge in [-0.25, -0.2) is 0 Å². The zero-order chi connectivity index (χ0) is 16.2. The molecule has 0 atom stereocenters. The fourth-order valence-electron chi connectivity index (χ4n) is 2.14. The van der Waals surface area contributed by atoms with Crippen LogP contribution in [0.15, 0.2) is 18.2 Å². The van der Waals surface area contributed by atoms with Crippen LogP contribution in [0.3, 0.4) is 0 Å². The molecular formula is C18H29NO3. The van der Waals surface area contributed by atoms with Crippen LogP contribution >= 0.6 is 0 Å². The monoisotopic (exact) mass is 307 g/mol. The highest BCUT2D eigenvalue weighted by Crippen LogP contribution is 2.21. The van der Waals surface area contributed by atoms with Crippen molar-refractivity contribution < 1.29 is 14.3 Å². The van der Waals surface area contributed by atoms with E-state index in [2.05, 4.69) is 19.2 Å². The Morgan fingerprint density at radius 3 is 2.59 bits per heavy atom. The zero-order valence-corrected chi connectivity index (χ0v) is 14.1. The maximum atomic E-state index is 12.1. The number of carbonyl (C=O) groups is 1. The number of methoxy groups -OCH3 is 1. The molecule has 0 spiro atoms. The average Bonchev–Trinajstić information content (AvgIpc) is 2.55. The van der Waals surface area contributed by atoms with Crippen molar-refractivity contribution in [1.82, 2.24) is 5.32 Å². The second-order valence-electron chi connectivity index (χ2n) is 5.40. The average molecular weight is 307 g/mol. The Morgan fingerprint density at radius 2 is 1.91 bits per heavy atom. The van der Waals surface area contributed by atoms with Gasteiger partial charge in [-0.15, -0.1) is 0 Å². The van der Waals surface area contributed by atoms with E-state index < -0.39 is 0 Å². The Hall–Kier alpha value is -1.55. The van der Waals surface area contributed by atoms with Gasteiger partial charge in [-0.3, -0.25) is 4.79 Å². The Bertz CT molecular complexity index is 446. The van der Waals surface area contributed by atoms with Crippen molar-refractivity contribution in [3.63, 3.8) is 0 Å². The molecule has 4 nitrogen and oxygen atoms in total. The molecule has 0 aliphatic carbocycles. The highest BCUT2D eigenvalue weighted by molar-refractivity contribution is 5.94. The van der Waals surface area contributed by atoms with Gasteiger partial charge in [0.05, 0.1) is 13.7 Å². The number of nitrogens with one attached hydrogen (secondary N) is 1. The summed E-state index contributed by atoms with van der Waals surface area (Å²) in [5, 5.41) is 2.95. The molecule has 124 valence electrons. The van der Waals surface area contributed by atoms with E-state index in [9.17, 15) is 4.79 Å². The first-order valence-electron chi connectivity index (χ1n) is 8.25. The van der Waals surface area contributed by atoms with Gasteiger partial charge in [0, 0.05) is 24.3 Å². The third-order valence-electron chi connectivity index (χ3n) is 3.51. The van der Waals surface area contributed by atoms with Crippen LogP contribution in [-0.2, 0) is 11.3 Å². The van der Waals surface area contributed by atoms with E-state index in [1.807, 2.05) is 12.1 Å². The Morgan fingerprint density at radius 1 is 1.14 bits per heavy atom. The first-order chi connectivity index (χ1) is 10.7. The van der Waals surface area contributed by atoms with Crippen molar-refractivity contribution in [1.29, 1.82) is 0 Å². The predicted octanol–water partition coefficient (Wildman–Crippen LogP) is 3.93. The van der Waals surface area contributed by atoms with Crippen molar-refractivity contribution in [2.45, 2.75) is 52.6 Å². The molecule has 1 amide bonds. The fourth-order valence-corrected chi connectivity index (χ4v) is 2.14. The summed E-state index contributed by atoms with van der Waals surface area (Å²) in [7, 11) is 1.63. The van der Waals surface area contributed by atoms with E-state index in [1.165, 1.54) is 0 Å². The van der Waals surface area contributed by atoms with Crippen LogP contribution in [-0.4, -0.2) is 26.2 Å². The maximum Gasteiger partial charge on any atom is 0.251 e. The number of carbonyl (C=O) groups excluding carboxylic acids is 1. The minimum absolute atomic E-state index is 0.0337. The molecule has 0 aliphatic heterocycles. The summed E-state index contributed by atoms with van der Waals surface area (Å²) in [5.41, 5.74) is 1.58. The second kappa shape index (κ2) is 11.1. The van der Waals surface area contributed by atoms with Gasteiger partial charge >= 0.3 is 0 Å². The lowest BCUT2D eigenvalue weighted by Gasteiger charge is -2.11. The Kier molecular flexibility index (Phi) is 9.31. The molecule has 1 aromatic rings. The smallest absolute Gasteiger partial charge is 0.251 e. The normalized spacial score (nSPS) is 10.5. The molecule has 0 unspecified atom stereocenters. The van der Waals surface area contributed by atoms with Gasteiger partial charge < -0.3 is 14.8 Å². The van der Waals surface area contributed by atoms with E-state index >= 15 is 0 Å². The minimum atomic E-state index is -0.0337. The summed E-state index contributed by atoms with van der Waals surface area (Å²) < 4.78 is 11.0. The van der Waals surface area contributed by atoms with Crippen LogP contribution in [0, 0.1) is 0 Å². The molecule has 4 heteroatoms. The van der Waals surface area contributed by atoms with Crippen molar-refractivity contribution in [2.75, 3.05) is 20.3 Å². The van der Waals surface area contributed by atoms with Crippen molar-refractivity contribution in [2.24, 2.45) is 0 Å². The van der Waals surface area contributed by atoms with Crippen LogP contribution in [0.1, 0.15) is 61.9 Å². The van der Waals surface area contributed by atoms with E-state index in [4.69, 9.17) is 9.47 Å². The molecule has 1 aromatic carbocycles. The van der Waals surface area contributed by atoms with Gasteiger partial charge in [-0.05, 0) is 31.0 Å². The molecular weight excluding hydrogens is 278 g/mol. The van der Waals surface area contributed by atoms with Gasteiger partial charge in [0.15, 0.2) is 0 Å². The topological polar surface area (TPSA) is 47.6 Å². The largest absolute Gasteiger partial charge is 0.496 e. The summed E-state index contributed by atoms with van der Waals surface area (Å²) in [6, 6.07) is 5.49. The SMILES string of the molecule is CCCCCNC(=O)c1ccc(OC)c(COCCCC)c1. The lowest BCUT2D eigenvalue weighted by molar-refractivity contribution is 0.0951. The first-order valence-corrected chi connectivity index (χ1v) is 8.25. The fraction of sp³-hybridized carbons (Fsp3) is 0.611. The number of benzene rings is 1. The van der Waals surface area contributed by atoms with E-state index in [1.54, 1.807) is 13.2 Å². The molecule has 0 bridgehead atoms. The molecule has 0 radical (unpaired) electrons. The minimum Gasteiger partial charge on any atom is -0.496 e. The molecule has 0 saturated heterocycles. The molecule has 0 saturated carbocycles. The zero-order valence-electron chi connectivity index (χ0n) is 14.1. The highest BCUT2D eigenvalue weighted by atomic mass is 16.5. The van der Waals surface area contributed by atoms with Gasteiger partial charge in [0.2, 0.25) is 0 Å². The van der Waals surface area contributed by atoms with Crippen LogP contribution in [0.4, 0.5) is 0 Å². The summed E-state index contributed by atoms with van der Waals surface area (Å²) in [4.78, 5) is 12.1. The number of hydrogen-bond donors (Lipinski definition) is 1. The van der Waals surface area contributed by atoms with Crippen LogP contribution < -0.4 is 10.1 Å². The van der Waals surface area contributed by atoms with E-state index in [0.29, 0.717) is 12.2 Å². The predicted molar refractivity (Wildman–Crippen MR) is 89.4 cm³/mol. The molecule has 0 heterocycles. The summed E-state index contributed by atoms with van der Waals surface area (Å²) >= 11 is 0. The number of ether oxygens (including phenoxy) is 2. The van der Waals surface area contributed by atoms with E-state index in [-0.39, 0.29) is 5.91 Å². The van der Waals surface area contributed by atoms with Crippen molar-refractivity contribution >= 4 is 5.91 Å². The second-order valence-corrected chi connectivity index (χ2v) is 5.40. The van der Waals surface area contributed by atoms with Crippen molar-refractivity contribution in [3.05, 3.63) is 29.3 Å². The molecule has 22 heavy (non-hydrogen) atoms. The highest BCUT2D eigenvalue weighted by Gasteiger charge is 2.10. The Labute approximate surface area is 134 Å². The standard InChI is InChI=1S/C18H29NO3/c1-4-6-8-11-19-18(20)15-9-10-17(21-3)16(13-15)14-22-12-7-5-2/h9-10,13H,4-8,11-12,14H2,1-3H3,(H,19,20). The third-order valence-corrected chi connectivity index (χ3v) is 3.51. The van der Waals surface area contributed by atoms with Crippen LogP contribution in [0.2, 0.25) is 0 Å². The maximum absolute atomic E-state index is 12.1. The summed E-state index contributed by atoms with van der Waals surface area (Å²) in [6.45, 7) is 6.21. The van der Waals surface area contributed by atoms with Gasteiger partial charge in [-0.2, -0.15) is 0 Å². The summed E-state index contributed by atoms with van der Waals surface area (Å²) in [6.07, 6.45) is 5.46. The molecule has 0 fully saturated rings. The van der Waals surface area contributed by atoms with Gasteiger partial charge in [0.1, 0.15) is 5.75 Å². The van der Waals surface area contributed by atoms with Crippen molar-refractivity contribution in [3.8, 4) is 5.75 Å². The van der Waals surface area contributed by atoms with Gasteiger partial charge in [-0.1, -0.05) is 33.1 Å².